The smallest absolute Gasteiger partial charge is 0.134 e. The minimum atomic E-state index is 0.366. The normalized spacial score (nSPS) is 30.3. The van der Waals surface area contributed by atoms with Gasteiger partial charge in [0.05, 0.1) is 17.9 Å². The van der Waals surface area contributed by atoms with Gasteiger partial charge in [0, 0.05) is 23.0 Å². The first-order valence-corrected chi connectivity index (χ1v) is 7.88. The van der Waals surface area contributed by atoms with E-state index in [0.717, 1.165) is 17.6 Å². The minimum Gasteiger partial charge on any atom is -0.374 e. The summed E-state index contributed by atoms with van der Waals surface area (Å²) < 4.78 is 5.91. The van der Waals surface area contributed by atoms with Crippen molar-refractivity contribution in [2.45, 2.75) is 62.5 Å². The van der Waals surface area contributed by atoms with E-state index < -0.39 is 0 Å². The van der Waals surface area contributed by atoms with Crippen molar-refractivity contribution in [1.29, 1.82) is 0 Å². The average molecular weight is 311 g/mol. The fourth-order valence-electron chi connectivity index (χ4n) is 3.13. The maximum Gasteiger partial charge on any atom is 0.134 e. The van der Waals surface area contributed by atoms with Crippen molar-refractivity contribution >= 4 is 15.9 Å². The second-order valence-electron chi connectivity index (χ2n) is 5.64. The Morgan fingerprint density at radius 1 is 1.44 bits per heavy atom. The van der Waals surface area contributed by atoms with E-state index in [2.05, 4.69) is 34.8 Å². The maximum atomic E-state index is 5.91. The molecule has 3 heterocycles. The van der Waals surface area contributed by atoms with E-state index in [1.54, 1.807) is 0 Å². The number of rotatable bonds is 3. The van der Waals surface area contributed by atoms with Gasteiger partial charge < -0.3 is 4.74 Å². The van der Waals surface area contributed by atoms with E-state index in [1.807, 2.05) is 6.20 Å². The molecule has 18 heavy (non-hydrogen) atoms. The number of aromatic nitrogens is 2. The zero-order chi connectivity index (χ0) is 12.7. The molecule has 0 N–H and O–H groups in total. The Kier molecular flexibility index (Phi) is 3.41. The molecule has 2 saturated heterocycles. The Morgan fingerprint density at radius 2 is 2.28 bits per heavy atom. The highest BCUT2D eigenvalue weighted by Crippen LogP contribution is 2.43. The van der Waals surface area contributed by atoms with Gasteiger partial charge in [0.25, 0.3) is 0 Å². The van der Waals surface area contributed by atoms with Crippen LogP contribution in [0.1, 0.15) is 62.0 Å². The van der Waals surface area contributed by atoms with Crippen LogP contribution in [0, 0.1) is 0 Å². The van der Waals surface area contributed by atoms with Gasteiger partial charge in [-0.1, -0.05) is 29.8 Å². The van der Waals surface area contributed by atoms with Crippen LogP contribution in [-0.4, -0.2) is 22.2 Å². The lowest BCUT2D eigenvalue weighted by molar-refractivity contribution is 0.0998. The van der Waals surface area contributed by atoms with Crippen molar-refractivity contribution in [3.8, 4) is 0 Å². The van der Waals surface area contributed by atoms with Crippen LogP contribution in [0.25, 0.3) is 0 Å². The first-order valence-electron chi connectivity index (χ1n) is 6.76. The van der Waals surface area contributed by atoms with Crippen molar-refractivity contribution in [2.75, 3.05) is 0 Å². The first-order chi connectivity index (χ1) is 8.69. The zero-order valence-corrected chi connectivity index (χ0v) is 12.5. The van der Waals surface area contributed by atoms with Crippen molar-refractivity contribution in [2.24, 2.45) is 0 Å². The fourth-order valence-corrected chi connectivity index (χ4v) is 3.56. The quantitative estimate of drug-likeness (QED) is 0.801. The largest absolute Gasteiger partial charge is 0.374 e. The summed E-state index contributed by atoms with van der Waals surface area (Å²) >= 11 is 3.51. The van der Waals surface area contributed by atoms with E-state index in [1.165, 1.54) is 24.1 Å². The molecule has 0 amide bonds. The third-order valence-electron chi connectivity index (χ3n) is 4.05. The molecule has 3 unspecified atom stereocenters. The summed E-state index contributed by atoms with van der Waals surface area (Å²) in [6.07, 6.45) is 6.31. The highest BCUT2D eigenvalue weighted by atomic mass is 79.9. The molecule has 2 aliphatic heterocycles. The molecule has 0 aliphatic carbocycles. The van der Waals surface area contributed by atoms with Crippen molar-refractivity contribution in [3.63, 3.8) is 0 Å². The molecule has 0 spiro atoms. The van der Waals surface area contributed by atoms with Crippen molar-refractivity contribution in [3.05, 3.63) is 23.3 Å². The van der Waals surface area contributed by atoms with E-state index >= 15 is 0 Å². The topological polar surface area (TPSA) is 35.0 Å². The van der Waals surface area contributed by atoms with E-state index in [4.69, 9.17) is 9.72 Å². The van der Waals surface area contributed by atoms with Gasteiger partial charge in [-0.25, -0.2) is 9.97 Å². The predicted molar refractivity (Wildman–Crippen MR) is 74.0 cm³/mol. The van der Waals surface area contributed by atoms with Crippen LogP contribution in [0.3, 0.4) is 0 Å². The van der Waals surface area contributed by atoms with Crippen LogP contribution in [0.15, 0.2) is 6.20 Å². The maximum absolute atomic E-state index is 5.91. The molecule has 3 atom stereocenters. The predicted octanol–water partition coefficient (Wildman–Crippen LogP) is 3.53. The molecule has 1 aromatic heterocycles. The number of fused-ring (bicyclic) bond motifs is 2. The lowest BCUT2D eigenvalue weighted by Crippen LogP contribution is -2.18. The van der Waals surface area contributed by atoms with Crippen LogP contribution in [0.2, 0.25) is 0 Å². The monoisotopic (exact) mass is 310 g/mol. The average Bonchev–Trinajstić information content (AvgIpc) is 3.00. The molecule has 1 aromatic rings. The van der Waals surface area contributed by atoms with Gasteiger partial charge in [-0.05, 0) is 25.2 Å². The Balaban J connectivity index is 1.91. The number of ether oxygens (including phenoxy) is 1. The molecule has 3 nitrogen and oxygen atoms in total. The molecule has 2 bridgehead atoms. The van der Waals surface area contributed by atoms with E-state index in [0.29, 0.717) is 24.0 Å². The summed E-state index contributed by atoms with van der Waals surface area (Å²) in [5, 5.41) is 0.827. The third-order valence-corrected chi connectivity index (χ3v) is 4.65. The molecule has 0 aromatic carbocycles. The molecule has 98 valence electrons. The van der Waals surface area contributed by atoms with Crippen molar-refractivity contribution < 1.29 is 4.74 Å². The number of hydrogen-bond acceptors (Lipinski definition) is 3. The Bertz CT molecular complexity index is 449. The van der Waals surface area contributed by atoms with Gasteiger partial charge in [0.1, 0.15) is 5.82 Å². The number of alkyl halides is 1. The van der Waals surface area contributed by atoms with Crippen LogP contribution in [-0.2, 0) is 10.1 Å². The summed E-state index contributed by atoms with van der Waals surface area (Å²) in [6.45, 7) is 4.38. The number of halogens is 1. The molecular formula is C14H19BrN2O. The molecule has 2 aliphatic rings. The standard InChI is InChI=1S/C14H19BrN2O/c1-8(2)13-9(6-15)7-16-14(17-13)11-5-10-3-4-12(11)18-10/h7-8,10-12H,3-6H2,1-2H3. The molecule has 4 heteroatoms. The van der Waals surface area contributed by atoms with Crippen LogP contribution in [0.4, 0.5) is 0 Å². The lowest BCUT2D eigenvalue weighted by atomic mass is 9.88. The second-order valence-corrected chi connectivity index (χ2v) is 6.20. The molecule has 2 fully saturated rings. The zero-order valence-electron chi connectivity index (χ0n) is 10.9. The minimum absolute atomic E-state index is 0.366. The SMILES string of the molecule is CC(C)c1nc(C2CC3CCC2O3)ncc1CBr. The number of hydrogen-bond donors (Lipinski definition) is 0. The summed E-state index contributed by atoms with van der Waals surface area (Å²) in [5.41, 5.74) is 2.39. The molecule has 0 saturated carbocycles. The lowest BCUT2D eigenvalue weighted by Gasteiger charge is -2.19. The van der Waals surface area contributed by atoms with Gasteiger partial charge in [0.2, 0.25) is 0 Å². The second kappa shape index (κ2) is 4.89. The van der Waals surface area contributed by atoms with Crippen LogP contribution < -0.4 is 0 Å². The Hall–Kier alpha value is -0.480. The Labute approximate surface area is 116 Å². The number of nitrogens with zero attached hydrogens (tertiary/aromatic N) is 2. The van der Waals surface area contributed by atoms with Gasteiger partial charge in [-0.15, -0.1) is 0 Å². The van der Waals surface area contributed by atoms with Crippen molar-refractivity contribution in [1.82, 2.24) is 9.97 Å². The third kappa shape index (κ3) is 2.10. The Morgan fingerprint density at radius 3 is 2.83 bits per heavy atom. The highest BCUT2D eigenvalue weighted by Gasteiger charge is 2.43. The molecule has 0 radical (unpaired) electrons. The summed E-state index contributed by atoms with van der Waals surface area (Å²) in [6, 6.07) is 0. The van der Waals surface area contributed by atoms with Gasteiger partial charge in [-0.2, -0.15) is 0 Å². The molecule has 3 rings (SSSR count). The summed E-state index contributed by atoms with van der Waals surface area (Å²) in [7, 11) is 0. The summed E-state index contributed by atoms with van der Waals surface area (Å²) in [5.74, 6) is 1.86. The van der Waals surface area contributed by atoms with E-state index in [9.17, 15) is 0 Å². The van der Waals surface area contributed by atoms with Crippen LogP contribution in [0.5, 0.6) is 0 Å². The van der Waals surface area contributed by atoms with Gasteiger partial charge in [-0.3, -0.25) is 0 Å². The van der Waals surface area contributed by atoms with Crippen LogP contribution >= 0.6 is 15.9 Å². The summed E-state index contributed by atoms with van der Waals surface area (Å²) in [4.78, 5) is 9.39. The van der Waals surface area contributed by atoms with Gasteiger partial charge >= 0.3 is 0 Å². The molecular weight excluding hydrogens is 292 g/mol. The fraction of sp³-hybridized carbons (Fsp3) is 0.714. The first kappa shape index (κ1) is 12.5. The highest BCUT2D eigenvalue weighted by molar-refractivity contribution is 9.08. The van der Waals surface area contributed by atoms with Gasteiger partial charge in [0.15, 0.2) is 0 Å². The van der Waals surface area contributed by atoms with E-state index in [-0.39, 0.29) is 0 Å².